The molecule has 2 rings (SSSR count). The van der Waals surface area contributed by atoms with Crippen LogP contribution in [-0.4, -0.2) is 38.4 Å². The summed E-state index contributed by atoms with van der Waals surface area (Å²) in [7, 11) is 0. The van der Waals surface area contributed by atoms with Crippen LogP contribution in [0.1, 0.15) is 76.3 Å². The van der Waals surface area contributed by atoms with E-state index in [-0.39, 0.29) is 0 Å². The molecule has 0 aliphatic carbocycles. The number of rotatable bonds is 16. The van der Waals surface area contributed by atoms with Gasteiger partial charge in [-0.05, 0) is 0 Å². The number of unbranched alkanes of at least 4 members (excludes halogenated alkanes) is 6. The fraction of sp³-hybridized carbons (Fsp3) is 0.571. The molecule has 2 aromatic rings. The zero-order valence-corrected chi connectivity index (χ0v) is 27.6. The van der Waals surface area contributed by atoms with E-state index in [2.05, 4.69) is 82.1 Å². The standard InChI is InChI=1S/2C12H18O.4CH3.O.2Sn/c2*1-2-3-4-5-8-11-9-6-7-10-12(11)13;;;;;;;/h2*6-7,9-10,13H,2-5,8H2,1H3;4*1H3;;;/q;;;;;;;2*+1/p-2. The van der Waals surface area contributed by atoms with Gasteiger partial charge in [0.15, 0.2) is 0 Å². The summed E-state index contributed by atoms with van der Waals surface area (Å²) in [5.74, 6) is 2.04. The van der Waals surface area contributed by atoms with E-state index in [1.54, 1.807) is 0 Å². The average molecular weight is 668 g/mol. The minimum atomic E-state index is -3.26. The van der Waals surface area contributed by atoms with Gasteiger partial charge in [-0.3, -0.25) is 0 Å². The Morgan fingerprint density at radius 3 is 1.33 bits per heavy atom. The second-order valence-electron chi connectivity index (χ2n) is 9.94. The molecule has 0 amide bonds. The van der Waals surface area contributed by atoms with Gasteiger partial charge < -0.3 is 0 Å². The Bertz CT molecular complexity index is 753. The normalized spacial score (nSPS) is 12.1. The molecule has 33 heavy (non-hydrogen) atoms. The molecule has 0 atom stereocenters. The van der Waals surface area contributed by atoms with Crippen molar-refractivity contribution in [3.63, 3.8) is 0 Å². The summed E-state index contributed by atoms with van der Waals surface area (Å²) in [5, 5.41) is 0. The van der Waals surface area contributed by atoms with Crippen LogP contribution in [0.15, 0.2) is 48.5 Å². The van der Waals surface area contributed by atoms with Crippen LogP contribution in [0.2, 0.25) is 19.8 Å². The number of hydrogen-bond acceptors (Lipinski definition) is 3. The van der Waals surface area contributed by atoms with E-state index in [4.69, 9.17) is 7.56 Å². The SMILES string of the molecule is CCCCCCc1ccccc1[O][Sn]([CH3])([CH3])[O][Sn]([CH3])([CH3])[O]c1ccccc1CCCCCC. The predicted molar refractivity (Wildman–Crippen MR) is 146 cm³/mol. The molecular weight excluding hydrogens is 622 g/mol. The first-order valence-corrected chi connectivity index (χ1v) is 29.1. The monoisotopic (exact) mass is 670 g/mol. The van der Waals surface area contributed by atoms with E-state index in [0.29, 0.717) is 0 Å². The molecule has 184 valence electrons. The number of benzene rings is 2. The van der Waals surface area contributed by atoms with E-state index < -0.39 is 38.4 Å². The number of para-hydroxylation sites is 2. The molecule has 0 spiro atoms. The molecule has 0 radical (unpaired) electrons. The zero-order valence-electron chi connectivity index (χ0n) is 21.9. The molecular formula is C28H46O3Sn2. The van der Waals surface area contributed by atoms with E-state index >= 15 is 0 Å². The van der Waals surface area contributed by atoms with Crippen LogP contribution in [0.4, 0.5) is 0 Å². The van der Waals surface area contributed by atoms with Crippen LogP contribution >= 0.6 is 0 Å². The molecule has 0 unspecified atom stereocenters. The van der Waals surface area contributed by atoms with Crippen LogP contribution in [0.3, 0.4) is 0 Å². The summed E-state index contributed by atoms with van der Waals surface area (Å²) in [6.07, 6.45) is 12.3. The van der Waals surface area contributed by atoms with Crippen molar-refractivity contribution in [1.29, 1.82) is 0 Å². The van der Waals surface area contributed by atoms with Crippen LogP contribution in [0.25, 0.3) is 0 Å². The Labute approximate surface area is 213 Å². The molecule has 0 saturated carbocycles. The van der Waals surface area contributed by atoms with Crippen LogP contribution in [-0.2, 0) is 14.3 Å². The molecule has 0 aliphatic heterocycles. The van der Waals surface area contributed by atoms with Gasteiger partial charge in [0.25, 0.3) is 0 Å². The number of aryl methyl sites for hydroxylation is 2. The van der Waals surface area contributed by atoms with E-state index in [0.717, 1.165) is 24.3 Å². The van der Waals surface area contributed by atoms with Crippen molar-refractivity contribution in [3.05, 3.63) is 59.7 Å². The second kappa shape index (κ2) is 14.9. The van der Waals surface area contributed by atoms with Gasteiger partial charge in [0, 0.05) is 0 Å². The molecule has 0 N–H and O–H groups in total. The third kappa shape index (κ3) is 11.3. The van der Waals surface area contributed by atoms with Crippen LogP contribution in [0, 0.1) is 0 Å². The van der Waals surface area contributed by atoms with Gasteiger partial charge in [0.1, 0.15) is 0 Å². The van der Waals surface area contributed by atoms with Gasteiger partial charge in [-0.25, -0.2) is 0 Å². The Hall–Kier alpha value is -0.403. The van der Waals surface area contributed by atoms with Gasteiger partial charge in [-0.15, -0.1) is 0 Å². The van der Waals surface area contributed by atoms with Gasteiger partial charge >= 0.3 is 215 Å². The van der Waals surface area contributed by atoms with Crippen molar-refractivity contribution in [2.45, 2.75) is 97.8 Å². The molecule has 3 nitrogen and oxygen atoms in total. The number of hydrogen-bond donors (Lipinski definition) is 0. The first kappa shape index (κ1) is 28.8. The summed E-state index contributed by atoms with van der Waals surface area (Å²) in [5.41, 5.74) is 2.63. The molecule has 0 aliphatic rings. The van der Waals surface area contributed by atoms with Crippen molar-refractivity contribution in [2.24, 2.45) is 0 Å². The Morgan fingerprint density at radius 2 is 0.939 bits per heavy atom. The summed E-state index contributed by atoms with van der Waals surface area (Å²) < 4.78 is 20.1. The molecule has 5 heteroatoms. The molecule has 0 aromatic heterocycles. The maximum absolute atomic E-state index is 6.80. The summed E-state index contributed by atoms with van der Waals surface area (Å²) in [6, 6.07) is 17.0. The zero-order chi connectivity index (χ0) is 24.2. The molecule has 0 fully saturated rings. The first-order chi connectivity index (χ1) is 15.8. The third-order valence-corrected chi connectivity index (χ3v) is 31.4. The Balaban J connectivity index is 2.02. The first-order valence-electron chi connectivity index (χ1n) is 13.0. The molecule has 2 aromatic carbocycles. The van der Waals surface area contributed by atoms with Gasteiger partial charge in [-0.2, -0.15) is 0 Å². The Kier molecular flexibility index (Phi) is 13.0. The van der Waals surface area contributed by atoms with E-state index in [9.17, 15) is 0 Å². The average Bonchev–Trinajstić information content (AvgIpc) is 2.75. The maximum atomic E-state index is 6.80. The van der Waals surface area contributed by atoms with Crippen molar-refractivity contribution in [2.75, 3.05) is 0 Å². The quantitative estimate of drug-likeness (QED) is 0.132. The van der Waals surface area contributed by atoms with E-state index in [1.807, 2.05) is 0 Å². The minimum absolute atomic E-state index is 1.02. The third-order valence-electron chi connectivity index (χ3n) is 5.75. The predicted octanol–water partition coefficient (Wildman–Crippen LogP) is 8.81. The van der Waals surface area contributed by atoms with Crippen LogP contribution < -0.4 is 6.15 Å². The van der Waals surface area contributed by atoms with E-state index in [1.165, 1.54) is 62.5 Å². The van der Waals surface area contributed by atoms with Gasteiger partial charge in [0.2, 0.25) is 0 Å². The van der Waals surface area contributed by atoms with Crippen LogP contribution in [0.5, 0.6) is 11.5 Å². The summed E-state index contributed by atoms with van der Waals surface area (Å²) >= 11 is -6.51. The topological polar surface area (TPSA) is 27.7 Å². The van der Waals surface area contributed by atoms with Crippen molar-refractivity contribution < 1.29 is 7.56 Å². The fourth-order valence-electron chi connectivity index (χ4n) is 4.27. The molecule has 0 saturated heterocycles. The molecule has 0 bridgehead atoms. The molecule has 0 heterocycles. The van der Waals surface area contributed by atoms with Gasteiger partial charge in [0.05, 0.1) is 0 Å². The van der Waals surface area contributed by atoms with Crippen molar-refractivity contribution >= 4 is 38.4 Å². The second-order valence-corrected chi connectivity index (χ2v) is 31.6. The van der Waals surface area contributed by atoms with Crippen molar-refractivity contribution in [1.82, 2.24) is 0 Å². The van der Waals surface area contributed by atoms with Gasteiger partial charge in [-0.1, -0.05) is 0 Å². The van der Waals surface area contributed by atoms with Crippen molar-refractivity contribution in [3.8, 4) is 11.5 Å². The Morgan fingerprint density at radius 1 is 0.545 bits per heavy atom. The fourth-order valence-corrected chi connectivity index (χ4v) is 36.3. The summed E-state index contributed by atoms with van der Waals surface area (Å²) in [4.78, 5) is 8.89. The summed E-state index contributed by atoms with van der Waals surface area (Å²) in [6.45, 7) is 4.51.